The van der Waals surface area contributed by atoms with Crippen molar-refractivity contribution in [2.75, 3.05) is 13.6 Å². The molecule has 0 radical (unpaired) electrons. The number of hydrogen-bond acceptors (Lipinski definition) is 2. The molecule has 2 aliphatic rings. The molecule has 3 nitrogen and oxygen atoms in total. The van der Waals surface area contributed by atoms with E-state index in [1.807, 2.05) is 7.05 Å². The lowest BCUT2D eigenvalue weighted by molar-refractivity contribution is -0.133. The van der Waals surface area contributed by atoms with Crippen molar-refractivity contribution >= 4 is 5.91 Å². The predicted molar refractivity (Wildman–Crippen MR) is 81.5 cm³/mol. The van der Waals surface area contributed by atoms with E-state index in [4.69, 9.17) is 0 Å². The van der Waals surface area contributed by atoms with Crippen LogP contribution >= 0.6 is 0 Å². The van der Waals surface area contributed by atoms with E-state index in [1.165, 1.54) is 38.5 Å². The van der Waals surface area contributed by atoms with Crippen LogP contribution in [0.15, 0.2) is 0 Å². The van der Waals surface area contributed by atoms with Gasteiger partial charge in [-0.3, -0.25) is 4.79 Å². The standard InChI is InChI=1S/C17H31NO2/c1-18(14-17(20)12-5-6-13-17)16(19)11-7-10-15-8-3-2-4-9-15/h15,20H,2-14H2,1H3. The van der Waals surface area contributed by atoms with Crippen molar-refractivity contribution < 1.29 is 9.90 Å². The van der Waals surface area contributed by atoms with Crippen molar-refractivity contribution in [1.82, 2.24) is 4.90 Å². The highest BCUT2D eigenvalue weighted by Gasteiger charge is 2.33. The molecular formula is C17H31NO2. The van der Waals surface area contributed by atoms with Crippen LogP contribution in [-0.2, 0) is 4.79 Å². The first-order valence-electron chi connectivity index (χ1n) is 8.55. The second-order valence-corrected chi connectivity index (χ2v) is 7.08. The van der Waals surface area contributed by atoms with E-state index in [0.717, 1.165) is 38.0 Å². The quantitative estimate of drug-likeness (QED) is 0.809. The zero-order chi connectivity index (χ0) is 14.4. The number of rotatable bonds is 6. The summed E-state index contributed by atoms with van der Waals surface area (Å²) >= 11 is 0. The summed E-state index contributed by atoms with van der Waals surface area (Å²) in [6, 6.07) is 0. The monoisotopic (exact) mass is 281 g/mol. The summed E-state index contributed by atoms with van der Waals surface area (Å²) in [5.74, 6) is 1.07. The third-order valence-corrected chi connectivity index (χ3v) is 5.22. The second kappa shape index (κ2) is 7.44. The lowest BCUT2D eigenvalue weighted by Crippen LogP contribution is -2.41. The Morgan fingerprint density at radius 2 is 1.80 bits per heavy atom. The van der Waals surface area contributed by atoms with Crippen LogP contribution in [0.25, 0.3) is 0 Å². The summed E-state index contributed by atoms with van der Waals surface area (Å²) in [5, 5.41) is 10.3. The van der Waals surface area contributed by atoms with Gasteiger partial charge in [-0.1, -0.05) is 44.9 Å². The summed E-state index contributed by atoms with van der Waals surface area (Å²) in [6.07, 6.45) is 13.7. The molecule has 0 aromatic rings. The average Bonchev–Trinajstić information content (AvgIpc) is 2.86. The zero-order valence-corrected chi connectivity index (χ0v) is 13.1. The summed E-state index contributed by atoms with van der Waals surface area (Å²) < 4.78 is 0. The van der Waals surface area contributed by atoms with Crippen LogP contribution in [0.4, 0.5) is 0 Å². The van der Waals surface area contributed by atoms with E-state index in [9.17, 15) is 9.90 Å². The minimum Gasteiger partial charge on any atom is -0.388 e. The van der Waals surface area contributed by atoms with Gasteiger partial charge in [-0.25, -0.2) is 0 Å². The first-order valence-corrected chi connectivity index (χ1v) is 8.55. The number of likely N-dealkylation sites (N-methyl/N-ethyl adjacent to an activating group) is 1. The molecule has 1 amide bonds. The fourth-order valence-corrected chi connectivity index (χ4v) is 3.93. The number of amides is 1. The fourth-order valence-electron chi connectivity index (χ4n) is 3.93. The van der Waals surface area contributed by atoms with Gasteiger partial charge in [0, 0.05) is 20.0 Å². The molecule has 1 N–H and O–H groups in total. The van der Waals surface area contributed by atoms with Gasteiger partial charge < -0.3 is 10.0 Å². The van der Waals surface area contributed by atoms with Gasteiger partial charge >= 0.3 is 0 Å². The molecule has 0 aromatic carbocycles. The molecule has 2 fully saturated rings. The first-order chi connectivity index (χ1) is 9.59. The van der Waals surface area contributed by atoms with Gasteiger partial charge in [0.15, 0.2) is 0 Å². The molecule has 0 heterocycles. The topological polar surface area (TPSA) is 40.5 Å². The van der Waals surface area contributed by atoms with E-state index >= 15 is 0 Å². The zero-order valence-electron chi connectivity index (χ0n) is 13.1. The maximum atomic E-state index is 12.1. The molecule has 0 atom stereocenters. The van der Waals surface area contributed by atoms with Gasteiger partial charge in [-0.15, -0.1) is 0 Å². The molecular weight excluding hydrogens is 250 g/mol. The Hall–Kier alpha value is -0.570. The molecule has 2 aliphatic carbocycles. The number of hydrogen-bond donors (Lipinski definition) is 1. The Bertz CT molecular complexity index is 304. The molecule has 0 aromatic heterocycles. The summed E-state index contributed by atoms with van der Waals surface area (Å²) in [5.41, 5.74) is -0.603. The average molecular weight is 281 g/mol. The third-order valence-electron chi connectivity index (χ3n) is 5.22. The Labute approximate surface area is 123 Å². The van der Waals surface area contributed by atoms with Gasteiger partial charge in [0.1, 0.15) is 0 Å². The van der Waals surface area contributed by atoms with Crippen molar-refractivity contribution in [1.29, 1.82) is 0 Å². The maximum Gasteiger partial charge on any atom is 0.222 e. The second-order valence-electron chi connectivity index (χ2n) is 7.08. The SMILES string of the molecule is CN(CC1(O)CCCC1)C(=O)CCCC1CCCCC1. The van der Waals surface area contributed by atoms with Gasteiger partial charge in [0.25, 0.3) is 0 Å². The van der Waals surface area contributed by atoms with Crippen LogP contribution in [0.3, 0.4) is 0 Å². The molecule has 0 bridgehead atoms. The maximum absolute atomic E-state index is 12.1. The molecule has 2 rings (SSSR count). The van der Waals surface area contributed by atoms with Crippen LogP contribution in [-0.4, -0.2) is 35.1 Å². The van der Waals surface area contributed by atoms with Crippen LogP contribution in [0, 0.1) is 5.92 Å². The lowest BCUT2D eigenvalue weighted by Gasteiger charge is -2.29. The van der Waals surface area contributed by atoms with Gasteiger partial charge in [-0.2, -0.15) is 0 Å². The van der Waals surface area contributed by atoms with Crippen molar-refractivity contribution in [3.05, 3.63) is 0 Å². The summed E-state index contributed by atoms with van der Waals surface area (Å²) in [4.78, 5) is 13.9. The van der Waals surface area contributed by atoms with E-state index in [1.54, 1.807) is 4.90 Å². The Morgan fingerprint density at radius 1 is 1.15 bits per heavy atom. The Morgan fingerprint density at radius 3 is 2.45 bits per heavy atom. The minimum atomic E-state index is -0.603. The van der Waals surface area contributed by atoms with Crippen molar-refractivity contribution in [2.24, 2.45) is 5.92 Å². The van der Waals surface area contributed by atoms with E-state index < -0.39 is 5.60 Å². The van der Waals surface area contributed by atoms with Crippen LogP contribution in [0.2, 0.25) is 0 Å². The van der Waals surface area contributed by atoms with E-state index in [-0.39, 0.29) is 5.91 Å². The smallest absolute Gasteiger partial charge is 0.222 e. The number of carbonyl (C=O) groups is 1. The third kappa shape index (κ3) is 4.76. The van der Waals surface area contributed by atoms with Crippen molar-refractivity contribution in [3.63, 3.8) is 0 Å². The van der Waals surface area contributed by atoms with Crippen molar-refractivity contribution in [2.45, 2.75) is 82.7 Å². The summed E-state index contributed by atoms with van der Waals surface area (Å²) in [6.45, 7) is 0.523. The fraction of sp³-hybridized carbons (Fsp3) is 0.941. The Balaban J connectivity index is 1.63. The van der Waals surface area contributed by atoms with E-state index in [0.29, 0.717) is 13.0 Å². The van der Waals surface area contributed by atoms with Crippen LogP contribution < -0.4 is 0 Å². The van der Waals surface area contributed by atoms with Crippen molar-refractivity contribution in [3.8, 4) is 0 Å². The molecule has 2 saturated carbocycles. The highest BCUT2D eigenvalue weighted by Crippen LogP contribution is 2.30. The number of aliphatic hydroxyl groups is 1. The van der Waals surface area contributed by atoms with Crippen LogP contribution in [0.1, 0.15) is 77.0 Å². The lowest BCUT2D eigenvalue weighted by atomic mass is 9.86. The normalized spacial score (nSPS) is 22.9. The highest BCUT2D eigenvalue weighted by molar-refractivity contribution is 5.75. The van der Waals surface area contributed by atoms with Gasteiger partial charge in [0.05, 0.1) is 5.60 Å². The molecule has 0 saturated heterocycles. The first kappa shape index (κ1) is 15.8. The summed E-state index contributed by atoms with van der Waals surface area (Å²) in [7, 11) is 1.85. The molecule has 20 heavy (non-hydrogen) atoms. The minimum absolute atomic E-state index is 0.209. The highest BCUT2D eigenvalue weighted by atomic mass is 16.3. The molecule has 0 spiro atoms. The number of carbonyl (C=O) groups excluding carboxylic acids is 1. The number of nitrogens with zero attached hydrogens (tertiary/aromatic N) is 1. The van der Waals surface area contributed by atoms with Crippen LogP contribution in [0.5, 0.6) is 0 Å². The molecule has 3 heteroatoms. The molecule has 0 aliphatic heterocycles. The predicted octanol–water partition coefficient (Wildman–Crippen LogP) is 3.50. The largest absolute Gasteiger partial charge is 0.388 e. The van der Waals surface area contributed by atoms with Gasteiger partial charge in [0.2, 0.25) is 5.91 Å². The molecule has 116 valence electrons. The Kier molecular flexibility index (Phi) is 5.88. The van der Waals surface area contributed by atoms with E-state index in [2.05, 4.69) is 0 Å². The van der Waals surface area contributed by atoms with Gasteiger partial charge in [-0.05, 0) is 31.6 Å². The molecule has 0 unspecified atom stereocenters.